The summed E-state index contributed by atoms with van der Waals surface area (Å²) in [6.07, 6.45) is 6.43. The summed E-state index contributed by atoms with van der Waals surface area (Å²) in [7, 11) is 1.26. The first-order valence-electron chi connectivity index (χ1n) is 19.4. The van der Waals surface area contributed by atoms with E-state index in [4.69, 9.17) is 9.72 Å². The maximum atomic E-state index is 15.8. The van der Waals surface area contributed by atoms with Gasteiger partial charge in [-0.05, 0) is 67.9 Å². The van der Waals surface area contributed by atoms with Crippen LogP contribution in [0, 0.1) is 17.7 Å². The maximum absolute atomic E-state index is 15.8. The predicted octanol–water partition coefficient (Wildman–Crippen LogP) is 6.30. The van der Waals surface area contributed by atoms with E-state index in [1.165, 1.54) is 13.2 Å². The third-order valence-corrected chi connectivity index (χ3v) is 11.0. The van der Waals surface area contributed by atoms with Gasteiger partial charge in [0.05, 0.1) is 54.2 Å². The minimum absolute atomic E-state index is 0.0484. The molecule has 0 bridgehead atoms. The van der Waals surface area contributed by atoms with Gasteiger partial charge in [-0.15, -0.1) is 0 Å². The number of hydrogen-bond acceptors (Lipinski definition) is 8. The first-order chi connectivity index (χ1) is 27.5. The smallest absolute Gasteiger partial charge is 0.407 e. The molecule has 2 aromatic carbocycles. The van der Waals surface area contributed by atoms with Crippen LogP contribution in [0.1, 0.15) is 77.1 Å². The summed E-state index contributed by atoms with van der Waals surface area (Å²) in [5.74, 6) is 0.347. The van der Waals surface area contributed by atoms with Gasteiger partial charge in [0, 0.05) is 35.2 Å². The Hall–Kier alpha value is -6.12. The molecule has 298 valence electrons. The number of likely N-dealkylation sites (tertiary alicyclic amines) is 2. The van der Waals surface area contributed by atoms with Crippen LogP contribution in [-0.2, 0) is 19.1 Å². The van der Waals surface area contributed by atoms with Crippen LogP contribution in [0.3, 0.4) is 0 Å². The van der Waals surface area contributed by atoms with Gasteiger partial charge >= 0.3 is 6.09 Å². The fourth-order valence-electron chi connectivity index (χ4n) is 7.95. The second kappa shape index (κ2) is 16.5. The van der Waals surface area contributed by atoms with Crippen LogP contribution in [0.15, 0.2) is 60.9 Å². The molecule has 2 aliphatic heterocycles. The monoisotopic (exact) mass is 777 g/mol. The molecule has 5 heterocycles. The Bertz CT molecular complexity index is 2290. The Morgan fingerprint density at radius 2 is 1.40 bits per heavy atom. The highest BCUT2D eigenvalue weighted by Gasteiger charge is 2.38. The van der Waals surface area contributed by atoms with Gasteiger partial charge in [0.25, 0.3) is 0 Å². The molecule has 2 saturated heterocycles. The molecule has 4 atom stereocenters. The van der Waals surface area contributed by atoms with Gasteiger partial charge in [0.2, 0.25) is 18.2 Å². The van der Waals surface area contributed by atoms with E-state index in [0.29, 0.717) is 65.6 Å². The molecule has 0 saturated carbocycles. The largest absolute Gasteiger partial charge is 0.453 e. The van der Waals surface area contributed by atoms with E-state index in [9.17, 15) is 19.2 Å². The van der Waals surface area contributed by atoms with Crippen LogP contribution < -0.4 is 10.6 Å². The zero-order valence-electron chi connectivity index (χ0n) is 32.7. The number of hydrogen-bond donors (Lipinski definition) is 4. The molecule has 4 N–H and O–H groups in total. The summed E-state index contributed by atoms with van der Waals surface area (Å²) in [5, 5.41) is 6.20. The predicted molar refractivity (Wildman–Crippen MR) is 212 cm³/mol. The van der Waals surface area contributed by atoms with E-state index in [0.717, 1.165) is 35.9 Å². The maximum Gasteiger partial charge on any atom is 0.407 e. The van der Waals surface area contributed by atoms with Crippen molar-refractivity contribution in [2.24, 2.45) is 11.8 Å². The van der Waals surface area contributed by atoms with Crippen molar-refractivity contribution in [1.82, 2.24) is 45.4 Å². The lowest BCUT2D eigenvalue weighted by Crippen LogP contribution is -2.51. The number of carbonyl (C=O) groups is 4. The van der Waals surface area contributed by atoms with Gasteiger partial charge in [-0.25, -0.2) is 24.1 Å². The number of aromatic nitrogens is 5. The first-order valence-corrected chi connectivity index (χ1v) is 19.4. The summed E-state index contributed by atoms with van der Waals surface area (Å²) in [6, 6.07) is 12.6. The van der Waals surface area contributed by atoms with Gasteiger partial charge in [0.1, 0.15) is 29.5 Å². The van der Waals surface area contributed by atoms with Gasteiger partial charge in [0.15, 0.2) is 0 Å². The highest BCUT2D eigenvalue weighted by molar-refractivity contribution is 5.88. The van der Waals surface area contributed by atoms with Crippen molar-refractivity contribution in [2.45, 2.75) is 77.5 Å². The number of pyridine rings is 1. The lowest BCUT2D eigenvalue weighted by molar-refractivity contribution is -0.137. The lowest BCUT2D eigenvalue weighted by atomic mass is 10.0. The van der Waals surface area contributed by atoms with Gasteiger partial charge in [-0.2, -0.15) is 0 Å². The van der Waals surface area contributed by atoms with E-state index >= 15 is 4.39 Å². The Kier molecular flexibility index (Phi) is 11.4. The van der Waals surface area contributed by atoms with Crippen LogP contribution in [0.4, 0.5) is 9.18 Å². The quantitative estimate of drug-likeness (QED) is 0.107. The van der Waals surface area contributed by atoms with E-state index in [2.05, 4.69) is 30.6 Å². The molecule has 3 aromatic heterocycles. The number of nitrogens with one attached hydrogen (secondary N) is 4. The van der Waals surface area contributed by atoms with E-state index in [1.54, 1.807) is 34.3 Å². The summed E-state index contributed by atoms with van der Waals surface area (Å²) in [5.41, 5.74) is 4.45. The van der Waals surface area contributed by atoms with Crippen LogP contribution in [0.5, 0.6) is 0 Å². The number of H-pyrrole nitrogens is 2. The number of rotatable bonds is 12. The van der Waals surface area contributed by atoms with Crippen LogP contribution in [0.25, 0.3) is 44.7 Å². The molecule has 0 spiro atoms. The topological polar surface area (TPSA) is 178 Å². The number of halogens is 1. The molecule has 0 radical (unpaired) electrons. The molecule has 15 heteroatoms. The molecule has 14 nitrogen and oxygen atoms in total. The molecular formula is C42H48FN9O5. The molecule has 7 rings (SSSR count). The molecular weight excluding hydrogens is 730 g/mol. The second-order valence-electron chi connectivity index (χ2n) is 15.4. The summed E-state index contributed by atoms with van der Waals surface area (Å²) < 4.78 is 20.5. The Labute approximate surface area is 330 Å². The summed E-state index contributed by atoms with van der Waals surface area (Å²) in [6.45, 7) is 8.68. The van der Waals surface area contributed by atoms with Crippen molar-refractivity contribution in [3.63, 3.8) is 0 Å². The average molecular weight is 778 g/mol. The fourth-order valence-corrected chi connectivity index (χ4v) is 7.95. The van der Waals surface area contributed by atoms with Crippen molar-refractivity contribution < 1.29 is 28.3 Å². The Morgan fingerprint density at radius 1 is 0.825 bits per heavy atom. The van der Waals surface area contributed by atoms with E-state index < -0.39 is 24.0 Å². The SMILES string of the molecule is COC(=O)N[C@H](C(=O)N1CCC[C@H]1c1ncc(-c2ccc(-c3ccc4cc(-c5cnc([C@@H]6CCCN6C(=O)[C@@H](NC=O)C(C)C)[nH]5)ccc4n3)c(F)c2)[nH]1)C(C)C. The molecule has 0 aliphatic carbocycles. The lowest BCUT2D eigenvalue weighted by Gasteiger charge is -2.30. The molecule has 5 aromatic rings. The average Bonchev–Trinajstić information content (AvgIpc) is 4.04. The first kappa shape index (κ1) is 39.1. The van der Waals surface area contributed by atoms with Crippen molar-refractivity contribution >= 4 is 35.2 Å². The fraction of sp³-hybridized carbons (Fsp3) is 0.405. The van der Waals surface area contributed by atoms with Crippen LogP contribution in [0.2, 0.25) is 0 Å². The van der Waals surface area contributed by atoms with Crippen molar-refractivity contribution in [2.75, 3.05) is 20.2 Å². The summed E-state index contributed by atoms with van der Waals surface area (Å²) >= 11 is 0. The molecule has 57 heavy (non-hydrogen) atoms. The number of imidazole rings is 2. The third kappa shape index (κ3) is 7.96. The Morgan fingerprint density at radius 3 is 1.96 bits per heavy atom. The third-order valence-electron chi connectivity index (χ3n) is 11.0. The second-order valence-corrected chi connectivity index (χ2v) is 15.4. The number of aromatic amines is 2. The molecule has 2 fully saturated rings. The number of benzene rings is 2. The van der Waals surface area contributed by atoms with E-state index in [-0.39, 0.29) is 35.7 Å². The molecule has 2 aliphatic rings. The van der Waals surface area contributed by atoms with Gasteiger partial charge < -0.3 is 35.1 Å². The zero-order chi connectivity index (χ0) is 40.4. The molecule has 4 amide bonds. The number of amides is 4. The Balaban J connectivity index is 1.05. The minimum atomic E-state index is -0.741. The number of ether oxygens (including phenoxy) is 1. The minimum Gasteiger partial charge on any atom is -0.453 e. The van der Waals surface area contributed by atoms with Crippen LogP contribution >= 0.6 is 0 Å². The van der Waals surface area contributed by atoms with Gasteiger partial charge in [-0.3, -0.25) is 14.4 Å². The number of fused-ring (bicyclic) bond motifs is 1. The van der Waals surface area contributed by atoms with Crippen molar-refractivity contribution in [1.29, 1.82) is 0 Å². The van der Waals surface area contributed by atoms with Crippen molar-refractivity contribution in [3.8, 4) is 33.8 Å². The number of alkyl carbamates (subject to hydrolysis) is 1. The number of carbonyl (C=O) groups excluding carboxylic acids is 4. The highest BCUT2D eigenvalue weighted by atomic mass is 19.1. The number of nitrogens with zero attached hydrogens (tertiary/aromatic N) is 5. The van der Waals surface area contributed by atoms with Gasteiger partial charge in [-0.1, -0.05) is 45.9 Å². The molecule has 0 unspecified atom stereocenters. The van der Waals surface area contributed by atoms with E-state index in [1.807, 2.05) is 58.0 Å². The normalized spacial score (nSPS) is 18.0. The van der Waals surface area contributed by atoms with Crippen LogP contribution in [-0.4, -0.2) is 91.3 Å². The van der Waals surface area contributed by atoms with Crippen molar-refractivity contribution in [3.05, 3.63) is 78.4 Å². The number of methoxy groups -OCH3 is 1. The summed E-state index contributed by atoms with van der Waals surface area (Å²) in [4.78, 5) is 74.3. The highest BCUT2D eigenvalue weighted by Crippen LogP contribution is 2.35. The zero-order valence-corrected chi connectivity index (χ0v) is 32.7. The standard InChI is InChI=1S/C42H48FN9O5/c1-23(2)36(46-22-53)40(54)51-16-6-8-34(51)38-44-20-32(48-38)26-11-14-30-25(18-26)12-15-31(47-30)28-13-10-27(19-29(28)43)33-21-45-39(49-33)35-9-7-17-52(35)41(55)37(24(3)4)50-42(56)57-5/h10-15,18-24,34-37H,6-9,16-17H2,1-5H3,(H,44,48)(H,45,49)(H,46,53)(H,50,56)/t34-,35-,36-,37-/m0/s1.